The van der Waals surface area contributed by atoms with Gasteiger partial charge in [0.25, 0.3) is 0 Å². The molecule has 0 aliphatic heterocycles. The minimum Gasteiger partial charge on any atom is -0.381 e. The summed E-state index contributed by atoms with van der Waals surface area (Å²) >= 11 is 0. The van der Waals surface area contributed by atoms with Crippen LogP contribution in [0.3, 0.4) is 0 Å². The summed E-state index contributed by atoms with van der Waals surface area (Å²) in [7, 11) is 0. The number of hydrogen-bond acceptors (Lipinski definition) is 3. The summed E-state index contributed by atoms with van der Waals surface area (Å²) in [6.07, 6.45) is 9.37. The highest BCUT2D eigenvalue weighted by atomic mass is 15.0. The molecule has 0 saturated heterocycles. The molecule has 0 saturated carbocycles. The maximum atomic E-state index is 4.71. The van der Waals surface area contributed by atoms with Crippen LogP contribution in [-0.4, -0.2) is 18.0 Å². The molecule has 0 aliphatic carbocycles. The van der Waals surface area contributed by atoms with Gasteiger partial charge in [-0.25, -0.2) is 4.99 Å². The molecule has 0 aromatic carbocycles. The highest BCUT2D eigenvalue weighted by Gasteiger charge is 2.11. The molecule has 0 radical (unpaired) electrons. The van der Waals surface area contributed by atoms with E-state index in [1.807, 2.05) is 20.8 Å². The number of hydrogen-bond donors (Lipinski definition) is 1. The molecular formula is C21H35N3. The molecule has 0 aromatic heterocycles. The van der Waals surface area contributed by atoms with Crippen LogP contribution < -0.4 is 5.32 Å². The largest absolute Gasteiger partial charge is 0.381 e. The molecule has 0 rings (SSSR count). The molecule has 134 valence electrons. The molecule has 3 heteroatoms. The van der Waals surface area contributed by atoms with Gasteiger partial charge in [-0.3, -0.25) is 4.99 Å². The van der Waals surface area contributed by atoms with E-state index < -0.39 is 0 Å². The zero-order valence-electron chi connectivity index (χ0n) is 16.3. The number of nitrogens with one attached hydrogen (secondary N) is 1. The molecule has 0 aliphatic rings. The maximum absolute atomic E-state index is 4.71. The first-order valence-corrected chi connectivity index (χ1v) is 8.93. The lowest BCUT2D eigenvalue weighted by atomic mass is 10.0. The molecule has 3 nitrogen and oxygen atoms in total. The number of allylic oxidation sites excluding steroid dienone is 3. The lowest BCUT2D eigenvalue weighted by Gasteiger charge is -2.21. The van der Waals surface area contributed by atoms with Crippen molar-refractivity contribution in [2.45, 2.75) is 72.8 Å². The monoisotopic (exact) mass is 329 g/mol. The summed E-state index contributed by atoms with van der Waals surface area (Å²) in [5.41, 5.74) is 4.07. The minimum absolute atomic E-state index is 0.456. The Balaban J connectivity index is 5.30. The predicted molar refractivity (Wildman–Crippen MR) is 110 cm³/mol. The number of unbranched alkanes of at least 4 members (excludes halogenated alkanes) is 1. The second-order valence-corrected chi connectivity index (χ2v) is 6.00. The molecule has 1 unspecified atom stereocenters. The Labute approximate surface area is 149 Å². The molecule has 1 N–H and O–H groups in total. The highest BCUT2D eigenvalue weighted by Crippen LogP contribution is 2.18. The maximum Gasteiger partial charge on any atom is 0.0911 e. The number of rotatable bonds is 12. The van der Waals surface area contributed by atoms with Crippen molar-refractivity contribution in [2.24, 2.45) is 9.98 Å². The van der Waals surface area contributed by atoms with Crippen molar-refractivity contribution in [3.8, 4) is 0 Å². The van der Waals surface area contributed by atoms with Gasteiger partial charge in [0.1, 0.15) is 0 Å². The minimum atomic E-state index is 0.456. The fourth-order valence-electron chi connectivity index (χ4n) is 2.41. The first-order chi connectivity index (χ1) is 11.4. The van der Waals surface area contributed by atoms with Gasteiger partial charge in [-0.15, -0.1) is 0 Å². The third-order valence-electron chi connectivity index (χ3n) is 3.85. The van der Waals surface area contributed by atoms with E-state index in [0.29, 0.717) is 6.04 Å². The second kappa shape index (κ2) is 12.5. The summed E-state index contributed by atoms with van der Waals surface area (Å²) in [5, 5.41) is 3.54. The average molecular weight is 330 g/mol. The first-order valence-electron chi connectivity index (χ1n) is 8.93. The highest BCUT2D eigenvalue weighted by molar-refractivity contribution is 5.98. The number of aliphatic imine (C=N–C) groups is 2. The van der Waals surface area contributed by atoms with E-state index in [1.165, 1.54) is 12.8 Å². The lowest BCUT2D eigenvalue weighted by Crippen LogP contribution is -2.30. The Morgan fingerprint density at radius 1 is 1.12 bits per heavy atom. The van der Waals surface area contributed by atoms with Crippen molar-refractivity contribution < 1.29 is 0 Å². The average Bonchev–Trinajstić information content (AvgIpc) is 2.56. The quantitative estimate of drug-likeness (QED) is 0.347. The van der Waals surface area contributed by atoms with Gasteiger partial charge in [0.2, 0.25) is 0 Å². The lowest BCUT2D eigenvalue weighted by molar-refractivity contribution is 0.476. The summed E-state index contributed by atoms with van der Waals surface area (Å²) in [5.74, 6) is 0. The van der Waals surface area contributed by atoms with E-state index in [4.69, 9.17) is 4.99 Å². The van der Waals surface area contributed by atoms with Gasteiger partial charge in [-0.1, -0.05) is 58.9 Å². The SMILES string of the molecule is C=CC(=C)C(/N=C(\C)C(=C)NC(CCC)CCCC)=C(C)\N=C/C. The van der Waals surface area contributed by atoms with Crippen molar-refractivity contribution in [2.75, 3.05) is 0 Å². The molecule has 0 bridgehead atoms. The summed E-state index contributed by atoms with van der Waals surface area (Å²) < 4.78 is 0. The Morgan fingerprint density at radius 2 is 1.79 bits per heavy atom. The molecular weight excluding hydrogens is 294 g/mol. The van der Waals surface area contributed by atoms with Gasteiger partial charge >= 0.3 is 0 Å². The van der Waals surface area contributed by atoms with Crippen LogP contribution in [0.5, 0.6) is 0 Å². The smallest absolute Gasteiger partial charge is 0.0911 e. The van der Waals surface area contributed by atoms with Gasteiger partial charge in [0, 0.05) is 18.0 Å². The Hall–Kier alpha value is -1.90. The van der Waals surface area contributed by atoms with Gasteiger partial charge in [0.05, 0.1) is 17.1 Å². The molecule has 0 spiro atoms. The molecule has 0 amide bonds. The third-order valence-corrected chi connectivity index (χ3v) is 3.85. The van der Waals surface area contributed by atoms with E-state index in [2.05, 4.69) is 43.9 Å². The van der Waals surface area contributed by atoms with Crippen LogP contribution in [0, 0.1) is 0 Å². The van der Waals surface area contributed by atoms with Crippen LogP contribution in [0.2, 0.25) is 0 Å². The van der Waals surface area contributed by atoms with E-state index in [9.17, 15) is 0 Å². The van der Waals surface area contributed by atoms with Crippen molar-refractivity contribution in [3.05, 3.63) is 48.5 Å². The van der Waals surface area contributed by atoms with E-state index in [-0.39, 0.29) is 0 Å². The fourth-order valence-corrected chi connectivity index (χ4v) is 2.41. The first kappa shape index (κ1) is 22.1. The van der Waals surface area contributed by atoms with Crippen LogP contribution in [0.1, 0.15) is 66.7 Å². The molecule has 1 atom stereocenters. The van der Waals surface area contributed by atoms with Crippen LogP contribution in [-0.2, 0) is 0 Å². The Kier molecular flexibility index (Phi) is 11.5. The Bertz CT molecular complexity index is 521. The number of nitrogens with zero attached hydrogens (tertiary/aromatic N) is 2. The molecule has 0 aromatic rings. The zero-order chi connectivity index (χ0) is 18.5. The Morgan fingerprint density at radius 3 is 2.29 bits per heavy atom. The summed E-state index contributed by atoms with van der Waals surface area (Å²) in [4.78, 5) is 9.03. The predicted octanol–water partition coefficient (Wildman–Crippen LogP) is 5.97. The van der Waals surface area contributed by atoms with Gasteiger partial charge in [-0.05, 0) is 39.2 Å². The van der Waals surface area contributed by atoms with Crippen molar-refractivity contribution in [1.82, 2.24) is 5.32 Å². The van der Waals surface area contributed by atoms with Gasteiger partial charge in [0.15, 0.2) is 0 Å². The van der Waals surface area contributed by atoms with E-state index in [0.717, 1.165) is 47.6 Å². The van der Waals surface area contributed by atoms with Gasteiger partial charge in [-0.2, -0.15) is 0 Å². The van der Waals surface area contributed by atoms with Crippen LogP contribution >= 0.6 is 0 Å². The van der Waals surface area contributed by atoms with Crippen LogP contribution in [0.25, 0.3) is 0 Å². The summed E-state index contributed by atoms with van der Waals surface area (Å²) in [6.45, 7) is 22.2. The molecule has 0 heterocycles. The fraction of sp³-hybridized carbons (Fsp3) is 0.524. The van der Waals surface area contributed by atoms with Crippen molar-refractivity contribution in [3.63, 3.8) is 0 Å². The zero-order valence-corrected chi connectivity index (χ0v) is 16.3. The van der Waals surface area contributed by atoms with E-state index >= 15 is 0 Å². The van der Waals surface area contributed by atoms with Crippen LogP contribution in [0.15, 0.2) is 58.5 Å². The topological polar surface area (TPSA) is 36.8 Å². The van der Waals surface area contributed by atoms with Crippen molar-refractivity contribution >= 4 is 11.9 Å². The van der Waals surface area contributed by atoms with Crippen molar-refractivity contribution in [1.29, 1.82) is 0 Å². The molecule has 0 fully saturated rings. The summed E-state index contributed by atoms with van der Waals surface area (Å²) in [6, 6.07) is 0.456. The molecule has 24 heavy (non-hydrogen) atoms. The van der Waals surface area contributed by atoms with Crippen LogP contribution in [0.4, 0.5) is 0 Å². The second-order valence-electron chi connectivity index (χ2n) is 6.00. The van der Waals surface area contributed by atoms with E-state index in [1.54, 1.807) is 12.3 Å². The standard InChI is InChI=1S/C21H35N3/c1-9-13-15-20(14-10-2)23-17(6)18(7)24-21(16(5)11-3)19(8)22-12-4/h11-12,20,23H,3,5-6,9-10,13-15H2,1-2,4,7-8H3/b21-19+,22-12-,24-18+. The third kappa shape index (κ3) is 8.09. The normalized spacial score (nSPS) is 14.3. The van der Waals surface area contributed by atoms with Gasteiger partial charge < -0.3 is 5.32 Å².